The van der Waals surface area contributed by atoms with E-state index >= 15 is 0 Å². The Hall–Kier alpha value is -3.46. The van der Waals surface area contributed by atoms with Gasteiger partial charge in [-0.1, -0.05) is 12.1 Å². The van der Waals surface area contributed by atoms with E-state index in [-0.39, 0.29) is 16.7 Å². The summed E-state index contributed by atoms with van der Waals surface area (Å²) in [5.74, 6) is 0. The van der Waals surface area contributed by atoms with E-state index < -0.39 is 11.7 Å². The number of nitrogens with zero attached hydrogens (tertiary/aromatic N) is 4. The summed E-state index contributed by atoms with van der Waals surface area (Å²) in [4.78, 5) is 26.0. The molecule has 1 N–H and O–H groups in total. The molecule has 0 bridgehead atoms. The Morgan fingerprint density at radius 2 is 2.09 bits per heavy atom. The van der Waals surface area contributed by atoms with Gasteiger partial charge in [0, 0.05) is 41.8 Å². The van der Waals surface area contributed by atoms with Crippen molar-refractivity contribution in [2.45, 2.75) is 58.7 Å². The minimum Gasteiger partial charge on any atom is -0.442 e. The molecule has 0 radical (unpaired) electrons. The largest absolute Gasteiger partial charge is 0.442 e. The number of fused-ring (bicyclic) bond motifs is 1. The van der Waals surface area contributed by atoms with Crippen molar-refractivity contribution in [3.05, 3.63) is 63.8 Å². The van der Waals surface area contributed by atoms with E-state index in [0.717, 1.165) is 42.6 Å². The summed E-state index contributed by atoms with van der Waals surface area (Å²) in [6, 6.07) is 11.5. The van der Waals surface area contributed by atoms with Gasteiger partial charge in [-0.15, -0.1) is 0 Å². The second kappa shape index (κ2) is 9.42. The summed E-state index contributed by atoms with van der Waals surface area (Å²) in [5.41, 5.74) is 2.70. The molecule has 4 rings (SSSR count). The van der Waals surface area contributed by atoms with Crippen molar-refractivity contribution in [2.75, 3.05) is 18.0 Å². The van der Waals surface area contributed by atoms with Gasteiger partial charge in [-0.2, -0.15) is 9.78 Å². The Balaban J connectivity index is 1.68. The molecule has 1 aromatic heterocycles. The number of rotatable bonds is 5. The number of anilines is 1. The molecule has 1 atom stereocenters. The van der Waals surface area contributed by atoms with Crippen LogP contribution in [0.5, 0.6) is 0 Å². The number of aromatic nitrogens is 2. The van der Waals surface area contributed by atoms with Crippen LogP contribution in [0.15, 0.2) is 42.6 Å². The number of ether oxygens (including phenoxy) is 1. The van der Waals surface area contributed by atoms with Gasteiger partial charge in [-0.05, 0) is 70.8 Å². The van der Waals surface area contributed by atoms with Gasteiger partial charge in [0.05, 0.1) is 16.6 Å². The lowest BCUT2D eigenvalue weighted by Crippen LogP contribution is -2.45. The lowest BCUT2D eigenvalue weighted by atomic mass is 10.0. The standard InChI is InChI=1S/C25H31N5O4/c1-17-7-8-18(12-23(17)30(32)33)16-28(21-6-5-11-26-15-21)20-9-10-22-19(13-20)14-27-29(22)24(31)34-25(2,3)4/h7-10,12-14,21,26H,5-6,11,15-16H2,1-4H3. The maximum absolute atomic E-state index is 12.6. The van der Waals surface area contributed by atoms with Gasteiger partial charge in [-0.3, -0.25) is 10.1 Å². The lowest BCUT2D eigenvalue weighted by Gasteiger charge is -2.36. The minimum absolute atomic E-state index is 0.133. The van der Waals surface area contributed by atoms with E-state index in [0.29, 0.717) is 17.6 Å². The quantitative estimate of drug-likeness (QED) is 0.427. The summed E-state index contributed by atoms with van der Waals surface area (Å²) in [5, 5.41) is 20.0. The highest BCUT2D eigenvalue weighted by molar-refractivity contribution is 5.89. The average Bonchev–Trinajstić information content (AvgIpc) is 3.21. The third kappa shape index (κ3) is 5.20. The third-order valence-electron chi connectivity index (χ3n) is 5.98. The average molecular weight is 466 g/mol. The fourth-order valence-corrected chi connectivity index (χ4v) is 4.33. The fourth-order valence-electron chi connectivity index (χ4n) is 4.33. The Morgan fingerprint density at radius 3 is 2.76 bits per heavy atom. The van der Waals surface area contributed by atoms with Crippen LogP contribution in [0, 0.1) is 17.0 Å². The van der Waals surface area contributed by atoms with Crippen LogP contribution in [0.2, 0.25) is 0 Å². The van der Waals surface area contributed by atoms with Crippen molar-refractivity contribution in [3.63, 3.8) is 0 Å². The molecule has 1 fully saturated rings. The molecule has 3 aromatic rings. The van der Waals surface area contributed by atoms with E-state index in [2.05, 4.69) is 15.3 Å². The zero-order valence-corrected chi connectivity index (χ0v) is 20.1. The van der Waals surface area contributed by atoms with Crippen LogP contribution >= 0.6 is 0 Å². The summed E-state index contributed by atoms with van der Waals surface area (Å²) < 4.78 is 6.75. The lowest BCUT2D eigenvalue weighted by molar-refractivity contribution is -0.385. The number of hydrogen-bond donors (Lipinski definition) is 1. The smallest absolute Gasteiger partial charge is 0.435 e. The first-order valence-corrected chi connectivity index (χ1v) is 11.5. The number of hydrogen-bond acceptors (Lipinski definition) is 7. The van der Waals surface area contributed by atoms with Crippen molar-refractivity contribution < 1.29 is 14.5 Å². The van der Waals surface area contributed by atoms with E-state index in [1.807, 2.05) is 45.0 Å². The Morgan fingerprint density at radius 1 is 1.29 bits per heavy atom. The monoisotopic (exact) mass is 465 g/mol. The van der Waals surface area contributed by atoms with E-state index in [9.17, 15) is 14.9 Å². The second-order valence-corrected chi connectivity index (χ2v) is 9.79. The van der Waals surface area contributed by atoms with Crippen LogP contribution in [0.25, 0.3) is 10.9 Å². The minimum atomic E-state index is -0.614. The maximum atomic E-state index is 12.6. The molecular weight excluding hydrogens is 434 g/mol. The number of aryl methyl sites for hydroxylation is 1. The summed E-state index contributed by atoms with van der Waals surface area (Å²) in [6.07, 6.45) is 3.23. The number of benzene rings is 2. The summed E-state index contributed by atoms with van der Waals surface area (Å²) in [7, 11) is 0. The Bertz CT molecular complexity index is 1210. The van der Waals surface area contributed by atoms with Crippen LogP contribution in [0.3, 0.4) is 0 Å². The van der Waals surface area contributed by atoms with Crippen LogP contribution in [0.4, 0.5) is 16.2 Å². The first-order valence-electron chi connectivity index (χ1n) is 11.5. The fraction of sp³-hybridized carbons (Fsp3) is 0.440. The van der Waals surface area contributed by atoms with Gasteiger partial charge in [0.25, 0.3) is 5.69 Å². The molecule has 34 heavy (non-hydrogen) atoms. The predicted octanol–water partition coefficient (Wildman–Crippen LogP) is 4.79. The van der Waals surface area contributed by atoms with Crippen molar-refractivity contribution >= 4 is 28.4 Å². The molecular formula is C25H31N5O4. The number of piperidine rings is 1. The molecule has 2 heterocycles. The number of nitro groups is 1. The van der Waals surface area contributed by atoms with Crippen LogP contribution in [-0.2, 0) is 11.3 Å². The molecule has 9 nitrogen and oxygen atoms in total. The highest BCUT2D eigenvalue weighted by Gasteiger charge is 2.24. The highest BCUT2D eigenvalue weighted by Crippen LogP contribution is 2.29. The molecule has 180 valence electrons. The van der Waals surface area contributed by atoms with Crippen molar-refractivity contribution in [1.82, 2.24) is 15.1 Å². The second-order valence-electron chi connectivity index (χ2n) is 9.79. The topological polar surface area (TPSA) is 103 Å². The molecule has 0 spiro atoms. The van der Waals surface area contributed by atoms with Crippen molar-refractivity contribution in [3.8, 4) is 0 Å². The third-order valence-corrected chi connectivity index (χ3v) is 5.98. The normalized spacial score (nSPS) is 16.4. The van der Waals surface area contributed by atoms with E-state index in [1.165, 1.54) is 4.68 Å². The predicted molar refractivity (Wildman–Crippen MR) is 131 cm³/mol. The Kier molecular flexibility index (Phi) is 6.56. The molecule has 1 aliphatic rings. The van der Waals surface area contributed by atoms with Gasteiger partial charge < -0.3 is 15.0 Å². The number of carbonyl (C=O) groups excluding carboxylic acids is 1. The highest BCUT2D eigenvalue weighted by atomic mass is 16.6. The van der Waals surface area contributed by atoms with Crippen molar-refractivity contribution in [2.24, 2.45) is 0 Å². The number of carbonyl (C=O) groups is 1. The van der Waals surface area contributed by atoms with Gasteiger partial charge >= 0.3 is 6.09 Å². The van der Waals surface area contributed by atoms with Gasteiger partial charge in [0.2, 0.25) is 0 Å². The van der Waals surface area contributed by atoms with Gasteiger partial charge in [0.1, 0.15) is 5.60 Å². The van der Waals surface area contributed by atoms with Crippen LogP contribution in [-0.4, -0.2) is 45.5 Å². The first-order chi connectivity index (χ1) is 16.1. The zero-order chi connectivity index (χ0) is 24.5. The Labute approximate surface area is 198 Å². The number of nitrogens with one attached hydrogen (secondary N) is 1. The van der Waals surface area contributed by atoms with Gasteiger partial charge in [0.15, 0.2) is 0 Å². The molecule has 9 heteroatoms. The molecule has 0 amide bonds. The number of nitro benzene ring substituents is 1. The van der Waals surface area contributed by atoms with E-state index in [1.54, 1.807) is 25.3 Å². The molecule has 1 saturated heterocycles. The molecule has 0 aliphatic carbocycles. The van der Waals surface area contributed by atoms with Crippen LogP contribution < -0.4 is 10.2 Å². The van der Waals surface area contributed by atoms with Gasteiger partial charge in [-0.25, -0.2) is 4.79 Å². The summed E-state index contributed by atoms with van der Waals surface area (Å²) >= 11 is 0. The van der Waals surface area contributed by atoms with Crippen LogP contribution in [0.1, 0.15) is 44.7 Å². The molecule has 0 saturated carbocycles. The SMILES string of the molecule is Cc1ccc(CN(c2ccc3c(cnn3C(=O)OC(C)(C)C)c2)C2CCCNC2)cc1[N+](=O)[O-]. The van der Waals surface area contributed by atoms with Crippen molar-refractivity contribution in [1.29, 1.82) is 0 Å². The molecule has 2 aromatic carbocycles. The molecule has 1 unspecified atom stereocenters. The summed E-state index contributed by atoms with van der Waals surface area (Å²) in [6.45, 7) is 9.58. The first kappa shape index (κ1) is 23.7. The van der Waals surface area contributed by atoms with E-state index in [4.69, 9.17) is 4.74 Å². The maximum Gasteiger partial charge on any atom is 0.435 e. The molecule has 1 aliphatic heterocycles. The zero-order valence-electron chi connectivity index (χ0n) is 20.1.